The van der Waals surface area contributed by atoms with E-state index in [0.717, 1.165) is 29.7 Å². The minimum Gasteiger partial charge on any atom is -0.276 e. The molecule has 0 aliphatic rings. The van der Waals surface area contributed by atoms with E-state index in [2.05, 4.69) is 16.7 Å². The number of aromatic nitrogens is 2. The van der Waals surface area contributed by atoms with E-state index in [0.29, 0.717) is 22.9 Å². The summed E-state index contributed by atoms with van der Waals surface area (Å²) < 4.78 is 30.1. The van der Waals surface area contributed by atoms with Crippen LogP contribution in [0, 0.1) is 13.8 Å². The maximum absolute atomic E-state index is 12.8. The van der Waals surface area contributed by atoms with E-state index < -0.39 is 10.0 Å². The Balaban J connectivity index is 1.86. The first kappa shape index (κ1) is 20.4. The van der Waals surface area contributed by atoms with Gasteiger partial charge in [-0.2, -0.15) is 5.10 Å². The Hall–Kier alpha value is -2.31. The molecule has 0 fully saturated rings. The van der Waals surface area contributed by atoms with E-state index >= 15 is 0 Å². The summed E-state index contributed by atoms with van der Waals surface area (Å²) in [5.41, 5.74) is 3.92. The second-order valence-corrected chi connectivity index (χ2v) is 8.88. The van der Waals surface area contributed by atoms with E-state index in [1.807, 2.05) is 43.3 Å². The van der Waals surface area contributed by atoms with Gasteiger partial charge in [0, 0.05) is 5.02 Å². The molecule has 0 saturated heterocycles. The summed E-state index contributed by atoms with van der Waals surface area (Å²) in [6, 6.07) is 14.6. The van der Waals surface area contributed by atoms with Crippen LogP contribution in [-0.2, 0) is 23.0 Å². The average molecular weight is 418 g/mol. The predicted octanol–water partition coefficient (Wildman–Crippen LogP) is 4.95. The molecule has 3 rings (SSSR count). The molecule has 0 saturated carbocycles. The first-order chi connectivity index (χ1) is 13.3. The van der Waals surface area contributed by atoms with Gasteiger partial charge in [0.25, 0.3) is 10.0 Å². The van der Waals surface area contributed by atoms with Crippen LogP contribution in [0.4, 0.5) is 5.69 Å². The number of nitrogens with one attached hydrogen (secondary N) is 1. The number of hydrogen-bond donors (Lipinski definition) is 1. The first-order valence-corrected chi connectivity index (χ1v) is 11.1. The van der Waals surface area contributed by atoms with Gasteiger partial charge in [0.05, 0.1) is 28.5 Å². The lowest BCUT2D eigenvalue weighted by Crippen LogP contribution is -2.14. The minimum absolute atomic E-state index is 0.241. The highest BCUT2D eigenvalue weighted by Gasteiger charge is 2.20. The van der Waals surface area contributed by atoms with E-state index in [1.54, 1.807) is 23.7 Å². The van der Waals surface area contributed by atoms with Crippen LogP contribution in [0.1, 0.15) is 35.9 Å². The van der Waals surface area contributed by atoms with E-state index in [4.69, 9.17) is 11.6 Å². The zero-order chi connectivity index (χ0) is 20.3. The van der Waals surface area contributed by atoms with Crippen molar-refractivity contribution in [1.82, 2.24) is 9.78 Å². The fraction of sp³-hybridized carbons (Fsp3) is 0.286. The van der Waals surface area contributed by atoms with Gasteiger partial charge in [0.15, 0.2) is 0 Å². The highest BCUT2D eigenvalue weighted by molar-refractivity contribution is 7.92. The monoisotopic (exact) mass is 417 g/mol. The molecule has 3 aromatic rings. The zero-order valence-corrected chi connectivity index (χ0v) is 17.8. The molecule has 0 aliphatic carbocycles. The number of hydrogen-bond acceptors (Lipinski definition) is 3. The molecule has 0 bridgehead atoms. The highest BCUT2D eigenvalue weighted by Crippen LogP contribution is 2.25. The van der Waals surface area contributed by atoms with Gasteiger partial charge >= 0.3 is 0 Å². The Morgan fingerprint density at radius 3 is 2.39 bits per heavy atom. The summed E-state index contributed by atoms with van der Waals surface area (Å²) >= 11 is 6.24. The standard InChI is InChI=1S/C21H24ClN3O2S/c1-4-7-17-10-12-19(13-11-17)28(26,27)24-21-15(2)23-25(16(21)3)14-18-8-5-6-9-20(18)22/h5-6,8-13,24H,4,7,14H2,1-3H3. The van der Waals surface area contributed by atoms with Crippen LogP contribution >= 0.6 is 11.6 Å². The Labute approximate surface area is 171 Å². The van der Waals surface area contributed by atoms with Crippen molar-refractivity contribution in [2.45, 2.75) is 45.1 Å². The summed E-state index contributed by atoms with van der Waals surface area (Å²) in [5.74, 6) is 0. The molecule has 28 heavy (non-hydrogen) atoms. The van der Waals surface area contributed by atoms with E-state index in [1.165, 1.54) is 0 Å². The summed E-state index contributed by atoms with van der Waals surface area (Å²) in [4.78, 5) is 0.241. The second kappa shape index (κ2) is 8.37. The van der Waals surface area contributed by atoms with Crippen molar-refractivity contribution < 1.29 is 8.42 Å². The minimum atomic E-state index is -3.69. The van der Waals surface area contributed by atoms with Crippen molar-refractivity contribution in [1.29, 1.82) is 0 Å². The molecular weight excluding hydrogens is 394 g/mol. The third kappa shape index (κ3) is 4.39. The molecule has 7 heteroatoms. The van der Waals surface area contributed by atoms with E-state index in [-0.39, 0.29) is 4.90 Å². The molecular formula is C21H24ClN3O2S. The summed E-state index contributed by atoms with van der Waals surface area (Å²) in [6.07, 6.45) is 1.95. The highest BCUT2D eigenvalue weighted by atomic mass is 35.5. The van der Waals surface area contributed by atoms with Crippen molar-refractivity contribution >= 4 is 27.3 Å². The van der Waals surface area contributed by atoms with Crippen LogP contribution in [0.15, 0.2) is 53.4 Å². The van der Waals surface area contributed by atoms with Crippen LogP contribution in [0.2, 0.25) is 5.02 Å². The van der Waals surface area contributed by atoms with Crippen molar-refractivity contribution in [2.75, 3.05) is 4.72 Å². The topological polar surface area (TPSA) is 64.0 Å². The van der Waals surface area contributed by atoms with Crippen LogP contribution < -0.4 is 4.72 Å². The van der Waals surface area contributed by atoms with Gasteiger partial charge in [-0.1, -0.05) is 55.3 Å². The Bertz CT molecular complexity index is 1070. The quantitative estimate of drug-likeness (QED) is 0.591. The lowest BCUT2D eigenvalue weighted by molar-refractivity contribution is 0.601. The molecule has 1 aromatic heterocycles. The van der Waals surface area contributed by atoms with Gasteiger partial charge in [-0.15, -0.1) is 0 Å². The SMILES string of the molecule is CCCc1ccc(S(=O)(=O)Nc2c(C)nn(Cc3ccccc3Cl)c2C)cc1. The Morgan fingerprint density at radius 1 is 1.07 bits per heavy atom. The van der Waals surface area contributed by atoms with Crippen molar-refractivity contribution in [2.24, 2.45) is 0 Å². The van der Waals surface area contributed by atoms with Crippen LogP contribution in [-0.4, -0.2) is 18.2 Å². The molecule has 1 heterocycles. The van der Waals surface area contributed by atoms with Crippen LogP contribution in [0.25, 0.3) is 0 Å². The maximum Gasteiger partial charge on any atom is 0.262 e. The molecule has 0 aliphatic heterocycles. The summed E-state index contributed by atoms with van der Waals surface area (Å²) in [7, 11) is -3.69. The molecule has 2 aromatic carbocycles. The lowest BCUT2D eigenvalue weighted by Gasteiger charge is -2.10. The predicted molar refractivity (Wildman–Crippen MR) is 114 cm³/mol. The third-order valence-electron chi connectivity index (χ3n) is 4.67. The fourth-order valence-electron chi connectivity index (χ4n) is 3.10. The zero-order valence-electron chi connectivity index (χ0n) is 16.2. The van der Waals surface area contributed by atoms with Crippen molar-refractivity contribution in [3.63, 3.8) is 0 Å². The van der Waals surface area contributed by atoms with Crippen LogP contribution in [0.3, 0.4) is 0 Å². The van der Waals surface area contributed by atoms with Gasteiger partial charge in [0.2, 0.25) is 0 Å². The molecule has 0 radical (unpaired) electrons. The average Bonchev–Trinajstić information content (AvgIpc) is 2.91. The maximum atomic E-state index is 12.8. The number of rotatable bonds is 7. The van der Waals surface area contributed by atoms with E-state index in [9.17, 15) is 8.42 Å². The van der Waals surface area contributed by atoms with Gasteiger partial charge in [-0.3, -0.25) is 9.40 Å². The molecule has 0 unspecified atom stereocenters. The molecule has 0 spiro atoms. The van der Waals surface area contributed by atoms with Gasteiger partial charge < -0.3 is 0 Å². The number of benzene rings is 2. The molecule has 5 nitrogen and oxygen atoms in total. The first-order valence-electron chi connectivity index (χ1n) is 9.21. The van der Waals surface area contributed by atoms with Gasteiger partial charge in [-0.05, 0) is 49.6 Å². The normalized spacial score (nSPS) is 11.6. The second-order valence-electron chi connectivity index (χ2n) is 6.79. The van der Waals surface area contributed by atoms with Crippen LogP contribution in [0.5, 0.6) is 0 Å². The van der Waals surface area contributed by atoms with Crippen molar-refractivity contribution in [3.05, 3.63) is 76.1 Å². The third-order valence-corrected chi connectivity index (χ3v) is 6.40. The summed E-state index contributed by atoms with van der Waals surface area (Å²) in [5, 5.41) is 5.15. The molecule has 0 amide bonds. The van der Waals surface area contributed by atoms with Crippen molar-refractivity contribution in [3.8, 4) is 0 Å². The number of sulfonamides is 1. The smallest absolute Gasteiger partial charge is 0.262 e. The lowest BCUT2D eigenvalue weighted by atomic mass is 10.1. The molecule has 1 N–H and O–H groups in total. The Kier molecular flexibility index (Phi) is 6.10. The number of aryl methyl sites for hydroxylation is 2. The van der Waals surface area contributed by atoms with Gasteiger partial charge in [-0.25, -0.2) is 8.42 Å². The number of nitrogens with zero attached hydrogens (tertiary/aromatic N) is 2. The number of halogens is 1. The fourth-order valence-corrected chi connectivity index (χ4v) is 4.48. The summed E-state index contributed by atoms with van der Waals surface area (Å²) in [6.45, 7) is 6.20. The number of anilines is 1. The van der Waals surface area contributed by atoms with Gasteiger partial charge in [0.1, 0.15) is 0 Å². The molecule has 148 valence electrons. The Morgan fingerprint density at radius 2 is 1.75 bits per heavy atom. The largest absolute Gasteiger partial charge is 0.276 e. The molecule has 0 atom stereocenters.